The third-order valence-electron chi connectivity index (χ3n) is 0.427. The van der Waals surface area contributed by atoms with Crippen LogP contribution in [0.3, 0.4) is 0 Å². The van der Waals surface area contributed by atoms with Gasteiger partial charge in [-0.1, -0.05) is 13.2 Å². The summed E-state index contributed by atoms with van der Waals surface area (Å²) in [6.07, 6.45) is 1.90. The summed E-state index contributed by atoms with van der Waals surface area (Å²) in [6.45, 7) is 6.13. The number of carbonyl (C=O) groups is 2. The standard InChI is InChI=1S/C4H4O2.C3H5NO/c1-2-3-4(5)6;1-2-3(4)5/h3H,1H2,(H,5,6);2H,1H2,(H2,4,5). The van der Waals surface area contributed by atoms with E-state index >= 15 is 0 Å². The van der Waals surface area contributed by atoms with Gasteiger partial charge in [-0.15, -0.1) is 5.73 Å². The van der Waals surface area contributed by atoms with E-state index in [0.29, 0.717) is 0 Å². The van der Waals surface area contributed by atoms with Crippen LogP contribution in [0.25, 0.3) is 0 Å². The molecule has 0 aromatic carbocycles. The quantitative estimate of drug-likeness (QED) is 0.437. The maximum atomic E-state index is 9.47. The van der Waals surface area contributed by atoms with Crippen LogP contribution < -0.4 is 5.73 Å². The Morgan fingerprint density at radius 3 is 1.91 bits per heavy atom. The van der Waals surface area contributed by atoms with Crippen LogP contribution in [0.5, 0.6) is 0 Å². The third kappa shape index (κ3) is 30.8. The van der Waals surface area contributed by atoms with E-state index in [-0.39, 0.29) is 0 Å². The lowest BCUT2D eigenvalue weighted by molar-refractivity contribution is -0.131. The minimum Gasteiger partial charge on any atom is -0.478 e. The van der Waals surface area contributed by atoms with Crippen molar-refractivity contribution >= 4 is 11.9 Å². The van der Waals surface area contributed by atoms with E-state index in [1.54, 1.807) is 0 Å². The Kier molecular flexibility index (Phi) is 8.90. The second kappa shape index (κ2) is 8.20. The molecule has 4 heteroatoms. The van der Waals surface area contributed by atoms with Gasteiger partial charge in [-0.3, -0.25) is 4.79 Å². The molecule has 1 amide bonds. The van der Waals surface area contributed by atoms with Crippen molar-refractivity contribution in [3.05, 3.63) is 31.0 Å². The van der Waals surface area contributed by atoms with Gasteiger partial charge in [0.15, 0.2) is 0 Å². The summed E-state index contributed by atoms with van der Waals surface area (Å²) < 4.78 is 0. The molecule has 0 radical (unpaired) electrons. The largest absolute Gasteiger partial charge is 0.478 e. The highest BCUT2D eigenvalue weighted by atomic mass is 16.4. The van der Waals surface area contributed by atoms with Gasteiger partial charge in [0.05, 0.1) is 6.08 Å². The van der Waals surface area contributed by atoms with Crippen LogP contribution in [0.15, 0.2) is 31.0 Å². The van der Waals surface area contributed by atoms with Gasteiger partial charge < -0.3 is 10.8 Å². The zero-order valence-electron chi connectivity index (χ0n) is 5.91. The SMILES string of the molecule is C=C=CC(=O)O.C=CC(N)=O. The fraction of sp³-hybridized carbons (Fsp3) is 0. The molecule has 0 rings (SSSR count). The molecular weight excluding hydrogens is 146 g/mol. The fourth-order valence-corrected chi connectivity index (χ4v) is 0.0873. The number of carboxylic acid groups (broad SMARTS) is 1. The van der Waals surface area contributed by atoms with Gasteiger partial charge in [0.1, 0.15) is 0 Å². The summed E-state index contributed by atoms with van der Waals surface area (Å²) >= 11 is 0. The number of carbonyl (C=O) groups excluding carboxylic acids is 1. The van der Waals surface area contributed by atoms with Gasteiger partial charge in [-0.05, 0) is 6.08 Å². The van der Waals surface area contributed by atoms with Crippen LogP contribution in [0.4, 0.5) is 0 Å². The number of nitrogens with two attached hydrogens (primary N) is 1. The average Bonchev–Trinajstić information content (AvgIpc) is 1.89. The molecule has 3 N–H and O–H groups in total. The molecule has 4 nitrogen and oxygen atoms in total. The molecule has 0 spiro atoms. The monoisotopic (exact) mass is 155 g/mol. The Bertz CT molecular complexity index is 202. The second-order valence-electron chi connectivity index (χ2n) is 1.29. The Labute approximate surface area is 64.3 Å². The normalized spacial score (nSPS) is 6.18. The molecule has 0 aliphatic heterocycles. The summed E-state index contributed by atoms with van der Waals surface area (Å²) in [5, 5.41) is 7.76. The zero-order chi connectivity index (χ0) is 9.28. The molecule has 0 saturated carbocycles. The number of amides is 1. The zero-order valence-corrected chi connectivity index (χ0v) is 5.91. The van der Waals surface area contributed by atoms with E-state index in [4.69, 9.17) is 5.11 Å². The van der Waals surface area contributed by atoms with E-state index in [2.05, 4.69) is 24.6 Å². The summed E-state index contributed by atoms with van der Waals surface area (Å²) in [7, 11) is 0. The van der Waals surface area contributed by atoms with E-state index in [9.17, 15) is 9.59 Å². The van der Waals surface area contributed by atoms with Crippen LogP contribution in [0.2, 0.25) is 0 Å². The smallest absolute Gasteiger partial charge is 0.336 e. The Morgan fingerprint density at radius 1 is 1.55 bits per heavy atom. The number of hydrogen-bond acceptors (Lipinski definition) is 2. The first kappa shape index (κ1) is 11.9. The Hall–Kier alpha value is -1.80. The molecule has 60 valence electrons. The van der Waals surface area contributed by atoms with Gasteiger partial charge in [0, 0.05) is 0 Å². The summed E-state index contributed by atoms with van der Waals surface area (Å²) in [6, 6.07) is 0. The van der Waals surface area contributed by atoms with Crippen LogP contribution >= 0.6 is 0 Å². The highest BCUT2D eigenvalue weighted by Crippen LogP contribution is 1.58. The molecular formula is C7H9NO3. The molecule has 0 fully saturated rings. The molecule has 0 aromatic heterocycles. The third-order valence-corrected chi connectivity index (χ3v) is 0.427. The minimum atomic E-state index is -1.01. The molecule has 0 bridgehead atoms. The van der Waals surface area contributed by atoms with Crippen LogP contribution in [0, 0.1) is 0 Å². The van der Waals surface area contributed by atoms with Gasteiger partial charge in [0.25, 0.3) is 0 Å². The van der Waals surface area contributed by atoms with Gasteiger partial charge in [-0.25, -0.2) is 4.79 Å². The lowest BCUT2D eigenvalue weighted by Gasteiger charge is -1.65. The van der Waals surface area contributed by atoms with Crippen LogP contribution in [-0.2, 0) is 9.59 Å². The van der Waals surface area contributed by atoms with Crippen molar-refractivity contribution in [1.29, 1.82) is 0 Å². The Balaban J connectivity index is 0. The number of aliphatic carboxylic acids is 1. The first-order valence-corrected chi connectivity index (χ1v) is 2.55. The molecule has 0 saturated heterocycles. The van der Waals surface area contributed by atoms with Crippen molar-refractivity contribution in [3.8, 4) is 0 Å². The summed E-state index contributed by atoms with van der Waals surface area (Å²) in [5.41, 5.74) is 6.63. The topological polar surface area (TPSA) is 80.4 Å². The maximum Gasteiger partial charge on any atom is 0.336 e. The van der Waals surface area contributed by atoms with Crippen molar-refractivity contribution in [2.24, 2.45) is 5.73 Å². The van der Waals surface area contributed by atoms with E-state index in [1.807, 2.05) is 0 Å². The molecule has 0 aliphatic rings. The lowest BCUT2D eigenvalue weighted by atomic mass is 10.6. The predicted molar refractivity (Wildman–Crippen MR) is 40.7 cm³/mol. The molecule has 11 heavy (non-hydrogen) atoms. The molecule has 0 aliphatic carbocycles. The van der Waals surface area contributed by atoms with Crippen molar-refractivity contribution in [2.75, 3.05) is 0 Å². The minimum absolute atomic E-state index is 0.481. The predicted octanol–water partition coefficient (Wildman–Crippen LogP) is 0.0698. The summed E-state index contributed by atoms with van der Waals surface area (Å²) in [4.78, 5) is 18.9. The van der Waals surface area contributed by atoms with Gasteiger partial charge >= 0.3 is 5.97 Å². The molecule has 0 unspecified atom stereocenters. The van der Waals surface area contributed by atoms with E-state index in [1.165, 1.54) is 0 Å². The number of hydrogen-bond donors (Lipinski definition) is 2. The van der Waals surface area contributed by atoms with Crippen molar-refractivity contribution in [3.63, 3.8) is 0 Å². The maximum absolute atomic E-state index is 9.47. The van der Waals surface area contributed by atoms with E-state index in [0.717, 1.165) is 12.2 Å². The number of primary amides is 1. The Morgan fingerprint density at radius 2 is 1.91 bits per heavy atom. The lowest BCUT2D eigenvalue weighted by Crippen LogP contribution is -2.04. The average molecular weight is 155 g/mol. The van der Waals surface area contributed by atoms with Crippen LogP contribution in [-0.4, -0.2) is 17.0 Å². The van der Waals surface area contributed by atoms with Crippen LogP contribution in [0.1, 0.15) is 0 Å². The van der Waals surface area contributed by atoms with E-state index < -0.39 is 11.9 Å². The van der Waals surface area contributed by atoms with Crippen molar-refractivity contribution in [2.45, 2.75) is 0 Å². The van der Waals surface area contributed by atoms with Gasteiger partial charge in [0.2, 0.25) is 5.91 Å². The molecule has 0 atom stereocenters. The highest BCUT2D eigenvalue weighted by Gasteiger charge is 1.76. The van der Waals surface area contributed by atoms with Gasteiger partial charge in [-0.2, -0.15) is 0 Å². The van der Waals surface area contributed by atoms with Crippen molar-refractivity contribution < 1.29 is 14.7 Å². The second-order valence-corrected chi connectivity index (χ2v) is 1.29. The number of rotatable bonds is 2. The molecule has 0 aromatic rings. The highest BCUT2D eigenvalue weighted by molar-refractivity contribution is 5.84. The summed E-state index contributed by atoms with van der Waals surface area (Å²) in [5.74, 6) is -1.49. The first-order chi connectivity index (χ1) is 5.04. The first-order valence-electron chi connectivity index (χ1n) is 2.55. The fourth-order valence-electron chi connectivity index (χ4n) is 0.0873. The van der Waals surface area contributed by atoms with Crippen molar-refractivity contribution in [1.82, 2.24) is 0 Å². The molecule has 0 heterocycles. The number of carboxylic acids is 1.